The number of aryl methyl sites for hydroxylation is 2. The second-order valence-corrected chi connectivity index (χ2v) is 6.24. The van der Waals surface area contributed by atoms with Crippen molar-refractivity contribution in [2.75, 3.05) is 18.0 Å². The van der Waals surface area contributed by atoms with Gasteiger partial charge in [-0.3, -0.25) is 9.67 Å². The predicted octanol–water partition coefficient (Wildman–Crippen LogP) is 1.69. The van der Waals surface area contributed by atoms with Crippen LogP contribution in [0, 0.1) is 6.92 Å². The Labute approximate surface area is 140 Å². The fourth-order valence-electron chi connectivity index (χ4n) is 3.30. The maximum atomic E-state index is 10.1. The summed E-state index contributed by atoms with van der Waals surface area (Å²) < 4.78 is 1.78. The zero-order valence-electron chi connectivity index (χ0n) is 13.8. The first-order valence-electron chi connectivity index (χ1n) is 8.19. The van der Waals surface area contributed by atoms with Gasteiger partial charge in [-0.25, -0.2) is 9.97 Å². The fraction of sp³-hybridized carbons (Fsp3) is 0.412. The van der Waals surface area contributed by atoms with Gasteiger partial charge < -0.3 is 10.0 Å². The van der Waals surface area contributed by atoms with Gasteiger partial charge in [-0.05, 0) is 31.9 Å². The molecular weight excluding hydrogens is 304 g/mol. The number of fused-ring (bicyclic) bond motifs is 1. The molecule has 24 heavy (non-hydrogen) atoms. The van der Waals surface area contributed by atoms with Crippen LogP contribution in [-0.2, 0) is 7.05 Å². The number of anilines is 1. The van der Waals surface area contributed by atoms with Crippen LogP contribution in [0.1, 0.15) is 18.5 Å². The first kappa shape index (κ1) is 15.0. The lowest BCUT2D eigenvalue weighted by molar-refractivity contribution is 0.154. The number of aliphatic hydroxyl groups excluding tert-OH is 1. The third-order valence-corrected chi connectivity index (χ3v) is 4.43. The van der Waals surface area contributed by atoms with E-state index in [-0.39, 0.29) is 6.10 Å². The van der Waals surface area contributed by atoms with Crippen molar-refractivity contribution in [1.29, 1.82) is 0 Å². The predicted molar refractivity (Wildman–Crippen MR) is 91.7 cm³/mol. The minimum Gasteiger partial charge on any atom is -0.391 e. The number of pyridine rings is 1. The quantitative estimate of drug-likeness (QED) is 0.773. The van der Waals surface area contributed by atoms with E-state index in [4.69, 9.17) is 4.98 Å². The van der Waals surface area contributed by atoms with Crippen molar-refractivity contribution in [2.24, 2.45) is 7.05 Å². The number of aliphatic hydroxyl groups is 1. The molecule has 1 saturated heterocycles. The van der Waals surface area contributed by atoms with Gasteiger partial charge in [-0.1, -0.05) is 6.07 Å². The lowest BCUT2D eigenvalue weighted by Crippen LogP contribution is -2.39. The molecule has 0 saturated carbocycles. The van der Waals surface area contributed by atoms with Gasteiger partial charge in [-0.2, -0.15) is 5.10 Å². The van der Waals surface area contributed by atoms with Crippen LogP contribution < -0.4 is 4.90 Å². The molecule has 1 atom stereocenters. The zero-order valence-corrected chi connectivity index (χ0v) is 13.8. The molecule has 7 heteroatoms. The second kappa shape index (κ2) is 5.83. The van der Waals surface area contributed by atoms with E-state index in [1.807, 2.05) is 32.2 Å². The topological polar surface area (TPSA) is 80.0 Å². The summed E-state index contributed by atoms with van der Waals surface area (Å²) in [5.41, 5.74) is 2.42. The first-order valence-corrected chi connectivity index (χ1v) is 8.19. The Morgan fingerprint density at radius 1 is 1.25 bits per heavy atom. The summed E-state index contributed by atoms with van der Waals surface area (Å²) in [6.07, 6.45) is 3.20. The van der Waals surface area contributed by atoms with E-state index in [9.17, 15) is 5.11 Å². The van der Waals surface area contributed by atoms with Crippen LogP contribution in [-0.4, -0.2) is 49.0 Å². The highest BCUT2D eigenvalue weighted by Gasteiger charge is 2.24. The molecule has 1 aliphatic heterocycles. The molecule has 0 unspecified atom stereocenters. The normalized spacial score (nSPS) is 18.3. The molecule has 124 valence electrons. The lowest BCUT2D eigenvalue weighted by atomic mass is 10.1. The van der Waals surface area contributed by atoms with Crippen LogP contribution in [0.25, 0.3) is 22.6 Å². The highest BCUT2D eigenvalue weighted by atomic mass is 16.3. The molecule has 4 rings (SSSR count). The van der Waals surface area contributed by atoms with E-state index >= 15 is 0 Å². The molecule has 4 heterocycles. The summed E-state index contributed by atoms with van der Waals surface area (Å²) in [6.45, 7) is 3.43. The molecule has 3 aromatic rings. The van der Waals surface area contributed by atoms with E-state index in [1.54, 1.807) is 10.9 Å². The van der Waals surface area contributed by atoms with Crippen molar-refractivity contribution in [3.8, 4) is 11.5 Å². The smallest absolute Gasteiger partial charge is 0.182 e. The van der Waals surface area contributed by atoms with E-state index in [1.165, 1.54) is 0 Å². The van der Waals surface area contributed by atoms with Crippen LogP contribution >= 0.6 is 0 Å². The maximum absolute atomic E-state index is 10.1. The number of hydrogen-bond donors (Lipinski definition) is 1. The fourth-order valence-corrected chi connectivity index (χ4v) is 3.30. The van der Waals surface area contributed by atoms with Crippen LogP contribution in [0.5, 0.6) is 0 Å². The summed E-state index contributed by atoms with van der Waals surface area (Å²) in [4.78, 5) is 16.0. The van der Waals surface area contributed by atoms with Crippen molar-refractivity contribution in [2.45, 2.75) is 25.9 Å². The van der Waals surface area contributed by atoms with Crippen LogP contribution in [0.2, 0.25) is 0 Å². The number of β-amino-alcohol motifs (C(OH)–C–C–N with tert-alkyl or cyclic N) is 1. The molecule has 0 radical (unpaired) electrons. The number of nitrogens with zero attached hydrogens (tertiary/aromatic N) is 6. The van der Waals surface area contributed by atoms with Gasteiger partial charge in [0.1, 0.15) is 11.5 Å². The molecule has 0 aliphatic carbocycles. The second-order valence-electron chi connectivity index (χ2n) is 6.24. The summed E-state index contributed by atoms with van der Waals surface area (Å²) in [5, 5.41) is 15.5. The van der Waals surface area contributed by atoms with Gasteiger partial charge in [0.15, 0.2) is 11.5 Å². The first-order chi connectivity index (χ1) is 11.6. The molecule has 0 aromatic carbocycles. The summed E-state index contributed by atoms with van der Waals surface area (Å²) in [5.74, 6) is 1.42. The largest absolute Gasteiger partial charge is 0.391 e. The number of aromatic nitrogens is 5. The molecule has 3 aromatic heterocycles. The minimum absolute atomic E-state index is 0.320. The Morgan fingerprint density at radius 2 is 2.12 bits per heavy atom. The average Bonchev–Trinajstić information content (AvgIpc) is 2.89. The summed E-state index contributed by atoms with van der Waals surface area (Å²) >= 11 is 0. The van der Waals surface area contributed by atoms with E-state index in [0.29, 0.717) is 12.4 Å². The molecule has 0 amide bonds. The maximum Gasteiger partial charge on any atom is 0.182 e. The number of piperidine rings is 1. The molecule has 7 nitrogen and oxygen atoms in total. The third kappa shape index (κ3) is 2.50. The molecule has 0 spiro atoms. The molecule has 0 bridgehead atoms. The monoisotopic (exact) mass is 324 g/mol. The van der Waals surface area contributed by atoms with Gasteiger partial charge in [0.05, 0.1) is 17.2 Å². The Bertz CT molecular complexity index is 876. The van der Waals surface area contributed by atoms with Gasteiger partial charge in [0.25, 0.3) is 0 Å². The van der Waals surface area contributed by atoms with E-state index in [2.05, 4.69) is 20.0 Å². The average molecular weight is 324 g/mol. The van der Waals surface area contributed by atoms with Crippen molar-refractivity contribution in [1.82, 2.24) is 24.7 Å². The van der Waals surface area contributed by atoms with Gasteiger partial charge in [-0.15, -0.1) is 0 Å². The molecule has 1 N–H and O–H groups in total. The van der Waals surface area contributed by atoms with Crippen LogP contribution in [0.15, 0.2) is 24.4 Å². The SMILES string of the molecule is Cc1nn(C)c2nc(-c3ccccn3)nc(N3CCC[C@H](O)C3)c12. The number of hydrogen-bond acceptors (Lipinski definition) is 6. The Kier molecular flexibility index (Phi) is 3.65. The Hall–Kier alpha value is -2.54. The zero-order chi connectivity index (χ0) is 16.7. The standard InChI is InChI=1S/C17H20N6O/c1-11-14-16(22(2)21-11)19-15(13-7-3-4-8-18-13)20-17(14)23-9-5-6-12(24)10-23/h3-4,7-8,12,24H,5-6,9-10H2,1-2H3/t12-/m0/s1. The van der Waals surface area contributed by atoms with Gasteiger partial charge in [0, 0.05) is 26.3 Å². The van der Waals surface area contributed by atoms with Crippen LogP contribution in [0.4, 0.5) is 5.82 Å². The summed E-state index contributed by atoms with van der Waals surface area (Å²) in [6, 6.07) is 5.70. The Morgan fingerprint density at radius 3 is 2.88 bits per heavy atom. The van der Waals surface area contributed by atoms with Gasteiger partial charge in [0.2, 0.25) is 0 Å². The van der Waals surface area contributed by atoms with E-state index in [0.717, 1.165) is 47.6 Å². The molecule has 1 fully saturated rings. The van der Waals surface area contributed by atoms with Crippen molar-refractivity contribution in [3.05, 3.63) is 30.1 Å². The van der Waals surface area contributed by atoms with Crippen LogP contribution in [0.3, 0.4) is 0 Å². The number of rotatable bonds is 2. The summed E-state index contributed by atoms with van der Waals surface area (Å²) in [7, 11) is 1.89. The molecular formula is C17H20N6O. The Balaban J connectivity index is 1.93. The van der Waals surface area contributed by atoms with Crippen molar-refractivity contribution >= 4 is 16.9 Å². The highest BCUT2D eigenvalue weighted by Crippen LogP contribution is 2.30. The molecule has 1 aliphatic rings. The lowest BCUT2D eigenvalue weighted by Gasteiger charge is -2.31. The third-order valence-electron chi connectivity index (χ3n) is 4.43. The highest BCUT2D eigenvalue weighted by molar-refractivity contribution is 5.91. The minimum atomic E-state index is -0.320. The van der Waals surface area contributed by atoms with Crippen molar-refractivity contribution < 1.29 is 5.11 Å². The van der Waals surface area contributed by atoms with Gasteiger partial charge >= 0.3 is 0 Å². The van der Waals surface area contributed by atoms with Crippen molar-refractivity contribution in [3.63, 3.8) is 0 Å². The van der Waals surface area contributed by atoms with E-state index < -0.39 is 0 Å².